The molecule has 1 aromatic rings. The third kappa shape index (κ3) is 6.62. The molecule has 1 atom stereocenters. The van der Waals surface area contributed by atoms with Gasteiger partial charge in [-0.1, -0.05) is 29.8 Å². The molecular formula is C15H21BrN2O3. The van der Waals surface area contributed by atoms with E-state index in [1.807, 2.05) is 13.8 Å². The molecule has 0 saturated heterocycles. The predicted octanol–water partition coefficient (Wildman–Crippen LogP) is 2.90. The fraction of sp³-hybridized carbons (Fsp3) is 0.467. The molecule has 6 heteroatoms. The average Bonchev–Trinajstić information content (AvgIpc) is 2.32. The highest BCUT2D eigenvalue weighted by Crippen LogP contribution is 2.18. The molecule has 116 valence electrons. The highest BCUT2D eigenvalue weighted by molar-refractivity contribution is 9.10. The van der Waals surface area contributed by atoms with E-state index >= 15 is 0 Å². The van der Waals surface area contributed by atoms with Crippen LogP contribution in [0.15, 0.2) is 22.7 Å². The lowest BCUT2D eigenvalue weighted by Gasteiger charge is -2.18. The van der Waals surface area contributed by atoms with Gasteiger partial charge >= 0.3 is 5.97 Å². The Balaban J connectivity index is 2.65. The van der Waals surface area contributed by atoms with Crippen LogP contribution in [0.2, 0.25) is 0 Å². The first kappa shape index (κ1) is 17.5. The number of carboxylic acids is 1. The fourth-order valence-electron chi connectivity index (χ4n) is 2.23. The maximum atomic E-state index is 12.1. The van der Waals surface area contributed by atoms with E-state index in [9.17, 15) is 9.59 Å². The number of amides is 1. The number of nitrogen functional groups attached to an aromatic ring is 1. The molecule has 1 amide bonds. The van der Waals surface area contributed by atoms with Crippen molar-refractivity contribution in [3.8, 4) is 0 Å². The number of hydrogen-bond acceptors (Lipinski definition) is 3. The number of halogens is 1. The highest BCUT2D eigenvalue weighted by Gasteiger charge is 2.16. The third-order valence-electron chi connectivity index (χ3n) is 3.00. The number of nitrogens with one attached hydrogen (secondary N) is 1. The first-order chi connectivity index (χ1) is 9.77. The zero-order valence-electron chi connectivity index (χ0n) is 12.2. The van der Waals surface area contributed by atoms with Gasteiger partial charge in [0, 0.05) is 28.7 Å². The Labute approximate surface area is 133 Å². The van der Waals surface area contributed by atoms with E-state index in [2.05, 4.69) is 21.2 Å². The first-order valence-corrected chi connectivity index (χ1v) is 7.63. The second kappa shape index (κ2) is 8.02. The summed E-state index contributed by atoms with van der Waals surface area (Å²) >= 11 is 3.29. The van der Waals surface area contributed by atoms with Gasteiger partial charge in [-0.05, 0) is 36.5 Å². The number of benzene rings is 1. The molecule has 0 aliphatic heterocycles. The Kier molecular flexibility index (Phi) is 6.68. The van der Waals surface area contributed by atoms with E-state index in [1.165, 1.54) is 0 Å². The summed E-state index contributed by atoms with van der Waals surface area (Å²) < 4.78 is 0.733. The maximum absolute atomic E-state index is 12.1. The van der Waals surface area contributed by atoms with Crippen LogP contribution >= 0.6 is 15.9 Å². The molecule has 1 unspecified atom stereocenters. The minimum Gasteiger partial charge on any atom is -0.481 e. The molecule has 0 aromatic heterocycles. The molecule has 0 bridgehead atoms. The largest absolute Gasteiger partial charge is 0.481 e. The van der Waals surface area contributed by atoms with Crippen LogP contribution in [0.5, 0.6) is 0 Å². The summed E-state index contributed by atoms with van der Waals surface area (Å²) in [5, 5.41) is 11.7. The highest BCUT2D eigenvalue weighted by atomic mass is 79.9. The lowest BCUT2D eigenvalue weighted by atomic mass is 9.94. The van der Waals surface area contributed by atoms with E-state index in [0.29, 0.717) is 23.7 Å². The second-order valence-electron chi connectivity index (χ2n) is 5.58. The quantitative estimate of drug-likeness (QED) is 0.654. The molecule has 1 aromatic carbocycles. The lowest BCUT2D eigenvalue weighted by Crippen LogP contribution is -2.31. The molecule has 1 rings (SSSR count). The van der Waals surface area contributed by atoms with E-state index < -0.39 is 5.97 Å². The molecule has 0 saturated carbocycles. The van der Waals surface area contributed by atoms with Crippen LogP contribution in [0.3, 0.4) is 0 Å². The van der Waals surface area contributed by atoms with Crippen molar-refractivity contribution in [3.05, 3.63) is 28.2 Å². The summed E-state index contributed by atoms with van der Waals surface area (Å²) in [5.74, 6) is -0.785. The summed E-state index contributed by atoms with van der Waals surface area (Å²) in [6, 6.07) is 4.98. The number of hydrogen-bond donors (Lipinski definition) is 3. The summed E-state index contributed by atoms with van der Waals surface area (Å²) in [7, 11) is 0. The van der Waals surface area contributed by atoms with Gasteiger partial charge in [0.1, 0.15) is 0 Å². The van der Waals surface area contributed by atoms with Crippen molar-refractivity contribution in [2.24, 2.45) is 11.8 Å². The maximum Gasteiger partial charge on any atom is 0.303 e. The molecule has 0 fully saturated rings. The molecule has 0 spiro atoms. The van der Waals surface area contributed by atoms with Crippen LogP contribution < -0.4 is 11.1 Å². The predicted molar refractivity (Wildman–Crippen MR) is 86.1 cm³/mol. The number of carbonyl (C=O) groups excluding carboxylic acids is 1. The number of carbonyl (C=O) groups is 2. The van der Waals surface area contributed by atoms with Crippen molar-refractivity contribution in [1.82, 2.24) is 5.32 Å². The van der Waals surface area contributed by atoms with Crippen LogP contribution in [0, 0.1) is 11.8 Å². The van der Waals surface area contributed by atoms with Crippen molar-refractivity contribution >= 4 is 33.5 Å². The van der Waals surface area contributed by atoms with E-state index in [-0.39, 0.29) is 18.2 Å². The molecular weight excluding hydrogens is 336 g/mol. The number of rotatable bonds is 7. The molecule has 0 heterocycles. The number of aliphatic carboxylic acids is 1. The number of carboxylic acid groups (broad SMARTS) is 1. The van der Waals surface area contributed by atoms with E-state index in [1.54, 1.807) is 18.2 Å². The fourth-order valence-corrected chi connectivity index (χ4v) is 2.75. The van der Waals surface area contributed by atoms with Gasteiger partial charge < -0.3 is 16.2 Å². The third-order valence-corrected chi connectivity index (χ3v) is 3.46. The lowest BCUT2D eigenvalue weighted by molar-refractivity contribution is -0.138. The van der Waals surface area contributed by atoms with Crippen molar-refractivity contribution in [3.63, 3.8) is 0 Å². The summed E-state index contributed by atoms with van der Waals surface area (Å²) in [6.07, 6.45) is 0.812. The van der Waals surface area contributed by atoms with Gasteiger partial charge in [-0.3, -0.25) is 9.59 Å². The molecule has 5 nitrogen and oxygen atoms in total. The van der Waals surface area contributed by atoms with Gasteiger partial charge in [-0.25, -0.2) is 0 Å². The molecule has 21 heavy (non-hydrogen) atoms. The van der Waals surface area contributed by atoms with Crippen LogP contribution in [-0.4, -0.2) is 23.5 Å². The zero-order valence-corrected chi connectivity index (χ0v) is 13.8. The first-order valence-electron chi connectivity index (χ1n) is 6.84. The van der Waals surface area contributed by atoms with Gasteiger partial charge in [-0.15, -0.1) is 0 Å². The van der Waals surface area contributed by atoms with Gasteiger partial charge in [0.15, 0.2) is 0 Å². The van der Waals surface area contributed by atoms with Gasteiger partial charge in [0.05, 0.1) is 0 Å². The molecule has 4 N–H and O–H groups in total. The van der Waals surface area contributed by atoms with E-state index in [4.69, 9.17) is 10.8 Å². The minimum atomic E-state index is -0.846. The van der Waals surface area contributed by atoms with Crippen LogP contribution in [0.25, 0.3) is 0 Å². The van der Waals surface area contributed by atoms with Gasteiger partial charge in [-0.2, -0.15) is 0 Å². The van der Waals surface area contributed by atoms with Crippen molar-refractivity contribution in [2.45, 2.75) is 26.7 Å². The Hall–Kier alpha value is -1.56. The van der Waals surface area contributed by atoms with Gasteiger partial charge in [0.2, 0.25) is 0 Å². The van der Waals surface area contributed by atoms with Crippen molar-refractivity contribution in [1.29, 1.82) is 0 Å². The second-order valence-corrected chi connectivity index (χ2v) is 6.49. The monoisotopic (exact) mass is 356 g/mol. The number of anilines is 1. The minimum absolute atomic E-state index is 0.0546. The number of nitrogens with two attached hydrogens (primary N) is 1. The molecule has 0 aliphatic carbocycles. The smallest absolute Gasteiger partial charge is 0.303 e. The summed E-state index contributed by atoms with van der Waals surface area (Å²) in [6.45, 7) is 4.41. The SMILES string of the molecule is CC(C)CC(CNC(=O)c1cc(N)cc(Br)c1)CC(=O)O. The average molecular weight is 357 g/mol. The molecule has 0 radical (unpaired) electrons. The summed E-state index contributed by atoms with van der Waals surface area (Å²) in [5.41, 5.74) is 6.65. The Morgan fingerprint density at radius 3 is 2.52 bits per heavy atom. The van der Waals surface area contributed by atoms with Crippen LogP contribution in [-0.2, 0) is 4.79 Å². The summed E-state index contributed by atoms with van der Waals surface area (Å²) in [4.78, 5) is 22.9. The van der Waals surface area contributed by atoms with Crippen molar-refractivity contribution < 1.29 is 14.7 Å². The topological polar surface area (TPSA) is 92.4 Å². The Bertz CT molecular complexity index is 497. The van der Waals surface area contributed by atoms with Crippen molar-refractivity contribution in [2.75, 3.05) is 12.3 Å². The van der Waals surface area contributed by atoms with Crippen LogP contribution in [0.1, 0.15) is 37.0 Å². The molecule has 0 aliphatic rings. The normalized spacial score (nSPS) is 12.2. The van der Waals surface area contributed by atoms with Gasteiger partial charge in [0.25, 0.3) is 5.91 Å². The standard InChI is InChI=1S/C15H21BrN2O3/c1-9(2)3-10(4-14(19)20)8-18-15(21)11-5-12(16)7-13(17)6-11/h5-7,9-10H,3-4,8,17H2,1-2H3,(H,18,21)(H,19,20). The Morgan fingerprint density at radius 1 is 1.33 bits per heavy atom. The zero-order chi connectivity index (χ0) is 16.0. The Morgan fingerprint density at radius 2 is 2.00 bits per heavy atom. The van der Waals surface area contributed by atoms with E-state index in [0.717, 1.165) is 10.9 Å². The van der Waals surface area contributed by atoms with Crippen LogP contribution in [0.4, 0.5) is 5.69 Å².